The van der Waals surface area contributed by atoms with Crippen LogP contribution < -0.4 is 5.32 Å². The summed E-state index contributed by atoms with van der Waals surface area (Å²) < 4.78 is 5.28. The van der Waals surface area contributed by atoms with Crippen molar-refractivity contribution < 1.29 is 14.3 Å². The van der Waals surface area contributed by atoms with Crippen LogP contribution in [0.15, 0.2) is 0 Å². The third-order valence-electron chi connectivity index (χ3n) is 3.82. The molecule has 2 amide bonds. The van der Waals surface area contributed by atoms with E-state index in [4.69, 9.17) is 4.74 Å². The number of ether oxygens (including phenoxy) is 1. The summed E-state index contributed by atoms with van der Waals surface area (Å²) >= 11 is 0. The Morgan fingerprint density at radius 2 is 1.76 bits per heavy atom. The molecule has 0 saturated carbocycles. The summed E-state index contributed by atoms with van der Waals surface area (Å²) in [5.41, 5.74) is -0.557. The second-order valence-electron chi connectivity index (χ2n) is 6.90. The molecule has 0 bridgehead atoms. The summed E-state index contributed by atoms with van der Waals surface area (Å²) in [5.74, 6) is 0.113. The van der Waals surface area contributed by atoms with Gasteiger partial charge in [0.25, 0.3) is 0 Å². The lowest BCUT2D eigenvalue weighted by Crippen LogP contribution is -2.53. The Bertz CT molecular complexity index is 357. The minimum Gasteiger partial charge on any atom is -0.444 e. The molecule has 2 unspecified atom stereocenters. The van der Waals surface area contributed by atoms with Gasteiger partial charge in [-0.1, -0.05) is 20.3 Å². The maximum Gasteiger partial charge on any atom is 0.408 e. The summed E-state index contributed by atoms with van der Waals surface area (Å²) in [6.45, 7) is 11.1. The van der Waals surface area contributed by atoms with Crippen LogP contribution in [0.4, 0.5) is 4.79 Å². The van der Waals surface area contributed by atoms with Crippen molar-refractivity contribution in [2.75, 3.05) is 13.1 Å². The molecule has 0 aliphatic carbocycles. The molecule has 1 aliphatic rings. The summed E-state index contributed by atoms with van der Waals surface area (Å²) in [5, 5.41) is 2.77. The van der Waals surface area contributed by atoms with E-state index in [9.17, 15) is 9.59 Å². The quantitative estimate of drug-likeness (QED) is 0.868. The van der Waals surface area contributed by atoms with Crippen LogP contribution in [0.1, 0.15) is 60.3 Å². The monoisotopic (exact) mass is 298 g/mol. The van der Waals surface area contributed by atoms with Crippen LogP contribution in [0, 0.1) is 5.92 Å². The van der Waals surface area contributed by atoms with Crippen LogP contribution in [0.25, 0.3) is 0 Å². The standard InChI is InChI=1S/C16H30N2O3/c1-6-12(2)13(17-15(20)21-16(3,4)5)14(19)18-10-8-7-9-11-18/h12-13H,6-11H2,1-5H3,(H,17,20). The number of rotatable bonds is 4. The molecule has 1 saturated heterocycles. The van der Waals surface area contributed by atoms with Gasteiger partial charge in [-0.3, -0.25) is 4.79 Å². The number of carbonyl (C=O) groups excluding carboxylic acids is 2. The molecule has 122 valence electrons. The fraction of sp³-hybridized carbons (Fsp3) is 0.875. The lowest BCUT2D eigenvalue weighted by Gasteiger charge is -2.33. The summed E-state index contributed by atoms with van der Waals surface area (Å²) in [7, 11) is 0. The van der Waals surface area contributed by atoms with E-state index in [1.807, 2.05) is 39.5 Å². The number of hydrogen-bond acceptors (Lipinski definition) is 3. The van der Waals surface area contributed by atoms with Gasteiger partial charge in [-0.05, 0) is 46.0 Å². The summed E-state index contributed by atoms with van der Waals surface area (Å²) in [4.78, 5) is 26.5. The van der Waals surface area contributed by atoms with Crippen molar-refractivity contribution in [3.8, 4) is 0 Å². The number of carbonyl (C=O) groups is 2. The van der Waals surface area contributed by atoms with Crippen molar-refractivity contribution in [3.63, 3.8) is 0 Å². The Morgan fingerprint density at radius 1 is 1.19 bits per heavy atom. The highest BCUT2D eigenvalue weighted by Gasteiger charge is 2.31. The van der Waals surface area contributed by atoms with E-state index in [0.29, 0.717) is 0 Å². The Morgan fingerprint density at radius 3 is 2.24 bits per heavy atom. The fourth-order valence-corrected chi connectivity index (χ4v) is 2.43. The van der Waals surface area contributed by atoms with Gasteiger partial charge in [0.2, 0.25) is 5.91 Å². The van der Waals surface area contributed by atoms with Crippen molar-refractivity contribution in [3.05, 3.63) is 0 Å². The van der Waals surface area contributed by atoms with E-state index in [2.05, 4.69) is 5.32 Å². The molecule has 1 fully saturated rings. The maximum atomic E-state index is 12.7. The number of amides is 2. The SMILES string of the molecule is CCC(C)C(NC(=O)OC(C)(C)C)C(=O)N1CCCCC1. The van der Waals surface area contributed by atoms with Gasteiger partial charge in [-0.25, -0.2) is 4.79 Å². The predicted molar refractivity (Wildman–Crippen MR) is 83.0 cm³/mol. The van der Waals surface area contributed by atoms with Crippen molar-refractivity contribution in [1.82, 2.24) is 10.2 Å². The lowest BCUT2D eigenvalue weighted by atomic mass is 9.97. The third kappa shape index (κ3) is 5.94. The van der Waals surface area contributed by atoms with E-state index in [1.165, 1.54) is 6.42 Å². The highest BCUT2D eigenvalue weighted by atomic mass is 16.6. The van der Waals surface area contributed by atoms with E-state index in [-0.39, 0.29) is 11.8 Å². The van der Waals surface area contributed by atoms with Gasteiger partial charge in [-0.2, -0.15) is 0 Å². The van der Waals surface area contributed by atoms with Gasteiger partial charge in [0.15, 0.2) is 0 Å². The molecule has 0 radical (unpaired) electrons. The first-order valence-corrected chi connectivity index (χ1v) is 8.03. The molecule has 0 aromatic rings. The zero-order chi connectivity index (χ0) is 16.0. The third-order valence-corrected chi connectivity index (χ3v) is 3.82. The Hall–Kier alpha value is -1.26. The number of piperidine rings is 1. The van der Waals surface area contributed by atoms with E-state index < -0.39 is 17.7 Å². The molecular weight excluding hydrogens is 268 g/mol. The number of nitrogens with one attached hydrogen (secondary N) is 1. The van der Waals surface area contributed by atoms with Crippen molar-refractivity contribution in [2.45, 2.75) is 71.9 Å². The molecule has 2 atom stereocenters. The fourth-order valence-electron chi connectivity index (χ4n) is 2.43. The van der Waals surface area contributed by atoms with Crippen LogP contribution in [-0.4, -0.2) is 41.6 Å². The maximum absolute atomic E-state index is 12.7. The minimum atomic E-state index is -0.557. The van der Waals surface area contributed by atoms with Gasteiger partial charge in [0.05, 0.1) is 0 Å². The predicted octanol–water partition coefficient (Wildman–Crippen LogP) is 2.94. The smallest absolute Gasteiger partial charge is 0.408 e. The Balaban J connectivity index is 2.70. The summed E-state index contributed by atoms with van der Waals surface area (Å²) in [6, 6.07) is -0.497. The molecule has 1 N–H and O–H groups in total. The van der Waals surface area contributed by atoms with E-state index in [1.54, 1.807) is 0 Å². The summed E-state index contributed by atoms with van der Waals surface area (Å²) in [6.07, 6.45) is 3.59. The minimum absolute atomic E-state index is 0.0231. The molecule has 1 rings (SSSR count). The second kappa shape index (κ2) is 7.66. The molecule has 5 nitrogen and oxygen atoms in total. The highest BCUT2D eigenvalue weighted by Crippen LogP contribution is 2.16. The first kappa shape index (κ1) is 17.8. The number of nitrogens with zero attached hydrogens (tertiary/aromatic N) is 1. The zero-order valence-electron chi connectivity index (χ0n) is 14.1. The van der Waals surface area contributed by atoms with E-state index in [0.717, 1.165) is 32.4 Å². The molecule has 0 aromatic carbocycles. The molecule has 1 aliphatic heterocycles. The second-order valence-corrected chi connectivity index (χ2v) is 6.90. The van der Waals surface area contributed by atoms with Crippen molar-refractivity contribution in [1.29, 1.82) is 0 Å². The number of hydrogen-bond donors (Lipinski definition) is 1. The van der Waals surface area contributed by atoms with Gasteiger partial charge in [0.1, 0.15) is 11.6 Å². The van der Waals surface area contributed by atoms with Crippen LogP contribution in [0.2, 0.25) is 0 Å². The van der Waals surface area contributed by atoms with Gasteiger partial charge >= 0.3 is 6.09 Å². The van der Waals surface area contributed by atoms with Gasteiger partial charge in [0, 0.05) is 13.1 Å². The first-order valence-electron chi connectivity index (χ1n) is 8.03. The Labute approximate surface area is 128 Å². The number of likely N-dealkylation sites (tertiary alicyclic amines) is 1. The normalized spacial score (nSPS) is 18.8. The highest BCUT2D eigenvalue weighted by molar-refractivity contribution is 5.86. The van der Waals surface area contributed by atoms with Crippen LogP contribution in [0.5, 0.6) is 0 Å². The molecule has 1 heterocycles. The first-order chi connectivity index (χ1) is 9.74. The van der Waals surface area contributed by atoms with Gasteiger partial charge < -0.3 is 15.0 Å². The largest absolute Gasteiger partial charge is 0.444 e. The van der Waals surface area contributed by atoms with Crippen LogP contribution in [-0.2, 0) is 9.53 Å². The van der Waals surface area contributed by atoms with Crippen molar-refractivity contribution >= 4 is 12.0 Å². The van der Waals surface area contributed by atoms with Crippen molar-refractivity contribution in [2.24, 2.45) is 5.92 Å². The molecule has 0 aromatic heterocycles. The zero-order valence-corrected chi connectivity index (χ0v) is 14.1. The van der Waals surface area contributed by atoms with Gasteiger partial charge in [-0.15, -0.1) is 0 Å². The topological polar surface area (TPSA) is 58.6 Å². The molecule has 21 heavy (non-hydrogen) atoms. The molecular formula is C16H30N2O3. The van der Waals surface area contributed by atoms with Crippen LogP contribution in [0.3, 0.4) is 0 Å². The lowest BCUT2D eigenvalue weighted by molar-refractivity contribution is -0.135. The molecule has 5 heteroatoms. The van der Waals surface area contributed by atoms with Crippen LogP contribution >= 0.6 is 0 Å². The van der Waals surface area contributed by atoms with E-state index >= 15 is 0 Å². The Kier molecular flexibility index (Phi) is 6.49. The average Bonchev–Trinajstić information content (AvgIpc) is 2.42. The molecule has 0 spiro atoms. The average molecular weight is 298 g/mol. The number of alkyl carbamates (subject to hydrolysis) is 1.